The van der Waals surface area contributed by atoms with Gasteiger partial charge in [-0.1, -0.05) is 6.92 Å². The Hall–Kier alpha value is -1.69. The van der Waals surface area contributed by atoms with Crippen LogP contribution in [0.25, 0.3) is 10.2 Å². The van der Waals surface area contributed by atoms with Crippen molar-refractivity contribution in [3.8, 4) is 0 Å². The Morgan fingerprint density at radius 1 is 1.53 bits per heavy atom. The summed E-state index contributed by atoms with van der Waals surface area (Å²) in [5.74, 6) is 0.387. The fraction of sp³-hybridized carbons (Fsp3) is 0.462. The van der Waals surface area contributed by atoms with Crippen molar-refractivity contribution in [3.63, 3.8) is 0 Å². The van der Waals surface area contributed by atoms with Crippen molar-refractivity contribution in [3.05, 3.63) is 17.3 Å². The van der Waals surface area contributed by atoms with Gasteiger partial charge in [0, 0.05) is 13.0 Å². The number of anilines is 1. The van der Waals surface area contributed by atoms with Crippen LogP contribution in [0.3, 0.4) is 0 Å². The highest BCUT2D eigenvalue weighted by molar-refractivity contribution is 7.18. The predicted octanol–water partition coefficient (Wildman–Crippen LogP) is 2.91. The summed E-state index contributed by atoms with van der Waals surface area (Å²) in [4.78, 5) is 19.0. The van der Waals surface area contributed by atoms with E-state index in [1.807, 2.05) is 13.8 Å². The minimum atomic E-state index is -0.745. The van der Waals surface area contributed by atoms with Gasteiger partial charge in [-0.15, -0.1) is 11.3 Å². The van der Waals surface area contributed by atoms with Crippen molar-refractivity contribution < 1.29 is 9.90 Å². The zero-order chi connectivity index (χ0) is 13.8. The van der Waals surface area contributed by atoms with Crippen LogP contribution in [0.1, 0.15) is 25.3 Å². The van der Waals surface area contributed by atoms with E-state index in [1.165, 1.54) is 0 Å². The van der Waals surface area contributed by atoms with Gasteiger partial charge in [-0.3, -0.25) is 4.79 Å². The maximum absolute atomic E-state index is 10.5. The van der Waals surface area contributed by atoms with E-state index in [1.54, 1.807) is 17.7 Å². The molecule has 0 saturated heterocycles. The highest BCUT2D eigenvalue weighted by atomic mass is 32.1. The number of thiophene rings is 1. The van der Waals surface area contributed by atoms with E-state index >= 15 is 0 Å². The molecule has 5 nitrogen and oxygen atoms in total. The van der Waals surface area contributed by atoms with Crippen molar-refractivity contribution >= 4 is 33.3 Å². The number of carbonyl (C=O) groups is 1. The van der Waals surface area contributed by atoms with E-state index in [2.05, 4.69) is 20.7 Å². The average molecular weight is 279 g/mol. The molecular weight excluding hydrogens is 262 g/mol. The number of carboxylic acid groups (broad SMARTS) is 1. The Morgan fingerprint density at radius 3 is 3.05 bits per heavy atom. The Morgan fingerprint density at radius 2 is 2.32 bits per heavy atom. The van der Waals surface area contributed by atoms with E-state index in [-0.39, 0.29) is 6.42 Å². The average Bonchev–Trinajstić information content (AvgIpc) is 2.76. The molecule has 0 fully saturated rings. The summed E-state index contributed by atoms with van der Waals surface area (Å²) in [7, 11) is 0. The molecule has 2 aromatic rings. The molecule has 6 heteroatoms. The third-order valence-corrected chi connectivity index (χ3v) is 4.09. The molecule has 102 valence electrons. The van der Waals surface area contributed by atoms with Gasteiger partial charge in [0.15, 0.2) is 0 Å². The van der Waals surface area contributed by atoms with E-state index < -0.39 is 5.97 Å². The Kier molecular flexibility index (Phi) is 4.31. The number of aryl methyl sites for hydroxylation is 1. The fourth-order valence-electron chi connectivity index (χ4n) is 1.84. The van der Waals surface area contributed by atoms with Crippen LogP contribution in [0.2, 0.25) is 0 Å². The number of nitrogens with zero attached hydrogens (tertiary/aromatic N) is 2. The predicted molar refractivity (Wildman–Crippen MR) is 76.7 cm³/mol. The lowest BCUT2D eigenvalue weighted by molar-refractivity contribution is -0.137. The third kappa shape index (κ3) is 3.41. The molecular formula is C13H17N3O2S. The maximum Gasteiger partial charge on any atom is 0.303 e. The number of carboxylic acids is 1. The second-order valence-electron chi connectivity index (χ2n) is 4.74. The minimum Gasteiger partial charge on any atom is -0.481 e. The van der Waals surface area contributed by atoms with Crippen molar-refractivity contribution in [1.29, 1.82) is 0 Å². The standard InChI is InChI=1S/C13H17N3O2S/c1-8(3-4-10(17)18)5-14-13-12-11(15-7-16-13)9(2)6-19-12/h6-8H,3-5H2,1-2H3,(H,17,18)(H,14,15,16). The lowest BCUT2D eigenvalue weighted by Crippen LogP contribution is -2.13. The quantitative estimate of drug-likeness (QED) is 0.850. The molecule has 19 heavy (non-hydrogen) atoms. The molecule has 0 amide bonds. The Balaban J connectivity index is 2.00. The lowest BCUT2D eigenvalue weighted by atomic mass is 10.1. The first-order valence-electron chi connectivity index (χ1n) is 6.22. The Bertz CT molecular complexity index is 582. The monoisotopic (exact) mass is 279 g/mol. The number of hydrogen-bond acceptors (Lipinski definition) is 5. The first kappa shape index (κ1) is 13.7. The second kappa shape index (κ2) is 5.97. The highest BCUT2D eigenvalue weighted by Gasteiger charge is 2.10. The molecule has 0 aromatic carbocycles. The van der Waals surface area contributed by atoms with Crippen LogP contribution in [0.4, 0.5) is 5.82 Å². The fourth-order valence-corrected chi connectivity index (χ4v) is 2.81. The minimum absolute atomic E-state index is 0.208. The molecule has 0 spiro atoms. The molecule has 0 aliphatic heterocycles. The molecule has 2 heterocycles. The highest BCUT2D eigenvalue weighted by Crippen LogP contribution is 2.28. The molecule has 2 rings (SSSR count). The summed E-state index contributed by atoms with van der Waals surface area (Å²) >= 11 is 1.63. The van der Waals surface area contributed by atoms with Gasteiger partial charge >= 0.3 is 5.97 Å². The van der Waals surface area contributed by atoms with Crippen LogP contribution < -0.4 is 5.32 Å². The van der Waals surface area contributed by atoms with Crippen LogP contribution in [0.15, 0.2) is 11.7 Å². The SMILES string of the molecule is Cc1csc2c(NCC(C)CCC(=O)O)ncnc12. The molecule has 1 unspecified atom stereocenters. The molecule has 2 N–H and O–H groups in total. The summed E-state index contributed by atoms with van der Waals surface area (Å²) < 4.78 is 1.06. The van der Waals surface area contributed by atoms with Gasteiger partial charge in [-0.25, -0.2) is 9.97 Å². The summed E-state index contributed by atoms with van der Waals surface area (Å²) in [6, 6.07) is 0. The zero-order valence-corrected chi connectivity index (χ0v) is 11.8. The van der Waals surface area contributed by atoms with E-state index in [4.69, 9.17) is 5.11 Å². The van der Waals surface area contributed by atoms with Gasteiger partial charge in [0.25, 0.3) is 0 Å². The summed E-state index contributed by atoms with van der Waals surface area (Å²) in [5.41, 5.74) is 2.14. The smallest absolute Gasteiger partial charge is 0.303 e. The number of aromatic nitrogens is 2. The molecule has 0 aliphatic carbocycles. The third-order valence-electron chi connectivity index (χ3n) is 3.00. The number of nitrogens with one attached hydrogen (secondary N) is 1. The largest absolute Gasteiger partial charge is 0.481 e. The van der Waals surface area contributed by atoms with Crippen LogP contribution in [-0.2, 0) is 4.79 Å². The summed E-state index contributed by atoms with van der Waals surface area (Å²) in [6.07, 6.45) is 2.44. The topological polar surface area (TPSA) is 75.1 Å². The van der Waals surface area contributed by atoms with Crippen LogP contribution in [0, 0.1) is 12.8 Å². The molecule has 2 aromatic heterocycles. The molecule has 0 aliphatic rings. The second-order valence-corrected chi connectivity index (χ2v) is 5.62. The van der Waals surface area contributed by atoms with Crippen molar-refractivity contribution in [2.75, 3.05) is 11.9 Å². The molecule has 1 atom stereocenters. The number of aliphatic carboxylic acids is 1. The number of rotatable bonds is 6. The Labute approximate surface area is 115 Å². The number of hydrogen-bond donors (Lipinski definition) is 2. The van der Waals surface area contributed by atoms with Gasteiger partial charge in [-0.05, 0) is 30.2 Å². The molecule has 0 radical (unpaired) electrons. The normalized spacial score (nSPS) is 12.5. The van der Waals surface area contributed by atoms with E-state index in [0.29, 0.717) is 12.3 Å². The maximum atomic E-state index is 10.5. The first-order valence-corrected chi connectivity index (χ1v) is 7.10. The van der Waals surface area contributed by atoms with Crippen molar-refractivity contribution in [2.24, 2.45) is 5.92 Å². The van der Waals surface area contributed by atoms with Gasteiger partial charge in [0.2, 0.25) is 0 Å². The molecule has 0 saturated carbocycles. The molecule has 0 bridgehead atoms. The van der Waals surface area contributed by atoms with Crippen molar-refractivity contribution in [1.82, 2.24) is 9.97 Å². The van der Waals surface area contributed by atoms with Gasteiger partial charge in [-0.2, -0.15) is 0 Å². The lowest BCUT2D eigenvalue weighted by Gasteiger charge is -2.12. The summed E-state index contributed by atoms with van der Waals surface area (Å²) in [5, 5.41) is 14.0. The van der Waals surface area contributed by atoms with E-state index in [9.17, 15) is 4.79 Å². The van der Waals surface area contributed by atoms with Crippen LogP contribution >= 0.6 is 11.3 Å². The first-order chi connectivity index (χ1) is 9.08. The van der Waals surface area contributed by atoms with Crippen LogP contribution in [-0.4, -0.2) is 27.6 Å². The van der Waals surface area contributed by atoms with Gasteiger partial charge in [0.05, 0.1) is 10.2 Å². The zero-order valence-electron chi connectivity index (χ0n) is 11.0. The van der Waals surface area contributed by atoms with E-state index in [0.717, 1.165) is 28.1 Å². The van der Waals surface area contributed by atoms with Crippen molar-refractivity contribution in [2.45, 2.75) is 26.7 Å². The number of fused-ring (bicyclic) bond motifs is 1. The summed E-state index contributed by atoms with van der Waals surface area (Å²) in [6.45, 7) is 4.79. The van der Waals surface area contributed by atoms with Gasteiger partial charge < -0.3 is 10.4 Å². The van der Waals surface area contributed by atoms with Gasteiger partial charge in [0.1, 0.15) is 12.1 Å². The van der Waals surface area contributed by atoms with Crippen LogP contribution in [0.5, 0.6) is 0 Å².